The molecule has 2 heterocycles. The summed E-state index contributed by atoms with van der Waals surface area (Å²) in [5.41, 5.74) is -0.617. The number of piperazine rings is 1. The fourth-order valence-electron chi connectivity index (χ4n) is 3.66. The SMILES string of the molecule is CC(C)(C(=O)NCCC(=O)[15NH]CC[13C](=O)ON1C(=O)CCC1=O)[13CH]1[13CH2][15N]([13CH3])[13CH2][13CH2]N1[13CH3]. The van der Waals surface area contributed by atoms with Gasteiger partial charge in [-0.2, -0.15) is 0 Å². The zero-order valence-corrected chi connectivity index (χ0v) is 18.7. The first-order valence-electron chi connectivity index (χ1n) is 10.5. The van der Waals surface area contributed by atoms with E-state index >= 15 is 0 Å². The Balaban J connectivity index is 1.65. The normalized spacial score (nSPS) is 20.6. The van der Waals surface area contributed by atoms with Crippen LogP contribution in [0, 0.1) is 5.41 Å². The molecule has 1 atom stereocenters. The van der Waals surface area contributed by atoms with E-state index in [1.54, 1.807) is 0 Å². The summed E-state index contributed by atoms with van der Waals surface area (Å²) < 4.78 is 0. The standard InChI is InChI=1S/C20H33N5O6/c1-20(2,14-13-23(3)11-12-24(14)4)19(30)22-9-7-15(26)21-10-8-18(29)31-25-16(27)5-6-17(25)28/h14H,5-13H2,1-4H3,(H,21,26)(H,22,30)/i3+1,4+1,11+1,12+1,13+1,14+1,18+1,21+1,23+1. The number of hydroxylamine groups is 2. The van der Waals surface area contributed by atoms with Gasteiger partial charge in [0.05, 0.1) is 11.8 Å². The Labute approximate surface area is 182 Å². The van der Waals surface area contributed by atoms with Crippen molar-refractivity contribution >= 4 is 29.6 Å². The zero-order valence-electron chi connectivity index (χ0n) is 18.7. The van der Waals surface area contributed by atoms with Gasteiger partial charge in [-0.15, -0.1) is 5.06 Å². The molecule has 0 spiro atoms. The molecule has 0 aromatic rings. The van der Waals surface area contributed by atoms with Gasteiger partial charge in [-0.1, -0.05) is 0 Å². The summed E-state index contributed by atoms with van der Waals surface area (Å²) in [5, 5.41) is 5.86. The van der Waals surface area contributed by atoms with Crippen molar-refractivity contribution in [1.82, 2.24) is 25.5 Å². The molecule has 2 aliphatic rings. The molecule has 2 N–H and O–H groups in total. The largest absolute Gasteiger partial charge is 0.355 e. The Bertz CT molecular complexity index is 709. The number of hydrogen-bond donors (Lipinski definition) is 2. The zero-order chi connectivity index (χ0) is 23.2. The average Bonchev–Trinajstić information content (AvgIpc) is 3.01. The predicted octanol–water partition coefficient (Wildman–Crippen LogP) is -1.12. The number of rotatable bonds is 9. The molecule has 0 bridgehead atoms. The van der Waals surface area contributed by atoms with Crippen LogP contribution < -0.4 is 10.6 Å². The predicted molar refractivity (Wildman–Crippen MR) is 110 cm³/mol. The van der Waals surface area contributed by atoms with Gasteiger partial charge in [-0.05, 0) is 27.9 Å². The molecule has 4 amide bonds. The van der Waals surface area contributed by atoms with E-state index in [0.29, 0.717) is 5.06 Å². The monoisotopic (exact) mass is 448 g/mol. The molecule has 0 aromatic heterocycles. The van der Waals surface area contributed by atoms with E-state index in [4.69, 9.17) is 4.84 Å². The number of hydrogen-bond acceptors (Lipinski definition) is 8. The summed E-state index contributed by atoms with van der Waals surface area (Å²) >= 11 is 0. The van der Waals surface area contributed by atoms with E-state index in [2.05, 4.69) is 20.4 Å². The number of nitrogens with one attached hydrogen (secondary N) is 2. The summed E-state index contributed by atoms with van der Waals surface area (Å²) in [6.07, 6.45) is -0.0533. The number of nitrogens with zero attached hydrogens (tertiary/aromatic N) is 3. The van der Waals surface area contributed by atoms with Crippen LogP contribution in [0.25, 0.3) is 0 Å². The minimum Gasteiger partial charge on any atom is -0.355 e. The number of imide groups is 1. The first-order valence-corrected chi connectivity index (χ1v) is 10.5. The Hall–Kier alpha value is -2.53. The van der Waals surface area contributed by atoms with Gasteiger partial charge >= 0.3 is 5.97 Å². The molecule has 2 saturated heterocycles. The summed E-state index contributed by atoms with van der Waals surface area (Å²) in [4.78, 5) is 68.3. The van der Waals surface area contributed by atoms with Crippen LogP contribution in [0.2, 0.25) is 0 Å². The number of likely N-dealkylation sites (N-methyl/N-ethyl adjacent to an activating group) is 2. The molecular weight excluding hydrogens is 415 g/mol. The molecule has 0 aliphatic carbocycles. The van der Waals surface area contributed by atoms with E-state index in [9.17, 15) is 24.0 Å². The van der Waals surface area contributed by atoms with Gasteiger partial charge in [0, 0.05) is 58.0 Å². The lowest BCUT2D eigenvalue weighted by molar-refractivity contribution is -0.197. The van der Waals surface area contributed by atoms with Crippen LogP contribution in [-0.2, 0) is 28.8 Å². The molecule has 0 radical (unpaired) electrons. The first kappa shape index (κ1) is 24.7. The first-order chi connectivity index (χ1) is 14.5. The van der Waals surface area contributed by atoms with Crippen molar-refractivity contribution in [3.8, 4) is 0 Å². The van der Waals surface area contributed by atoms with E-state index in [1.165, 1.54) is 0 Å². The second kappa shape index (κ2) is 10.7. The average molecular weight is 448 g/mol. The van der Waals surface area contributed by atoms with Crippen molar-refractivity contribution in [1.29, 1.82) is 0 Å². The Morgan fingerprint density at radius 1 is 1.00 bits per heavy atom. The van der Waals surface area contributed by atoms with E-state index in [0.717, 1.165) is 19.6 Å². The maximum absolute atomic E-state index is 12.7. The summed E-state index contributed by atoms with van der Waals surface area (Å²) in [6.45, 7) is 6.65. The van der Waals surface area contributed by atoms with Crippen LogP contribution >= 0.6 is 0 Å². The molecule has 11 heteroatoms. The van der Waals surface area contributed by atoms with Gasteiger partial charge in [0.25, 0.3) is 11.8 Å². The molecule has 174 valence electrons. The highest BCUT2D eigenvalue weighted by atomic mass is 16.8. The minimum absolute atomic E-state index is 0.00648. The van der Waals surface area contributed by atoms with Crippen LogP contribution in [0.1, 0.15) is 39.5 Å². The molecule has 0 saturated carbocycles. The molecule has 2 aliphatic heterocycles. The molecule has 1 unspecified atom stereocenters. The van der Waals surface area contributed by atoms with Crippen molar-refractivity contribution in [3.63, 3.8) is 0 Å². The number of carbonyl (C=O) groups excluding carboxylic acids is 5. The van der Waals surface area contributed by atoms with E-state index < -0.39 is 23.2 Å². The maximum atomic E-state index is 12.7. The topological polar surface area (TPSA) is 128 Å². The van der Waals surface area contributed by atoms with Crippen LogP contribution in [0.3, 0.4) is 0 Å². The summed E-state index contributed by atoms with van der Waals surface area (Å²) in [6, 6.07) is 0.0699. The van der Waals surface area contributed by atoms with Gasteiger partial charge in [-0.3, -0.25) is 24.1 Å². The van der Waals surface area contributed by atoms with Crippen molar-refractivity contribution < 1.29 is 28.8 Å². The van der Waals surface area contributed by atoms with Crippen LogP contribution in [0.15, 0.2) is 0 Å². The lowest BCUT2D eigenvalue weighted by atomic mass is 9.99. The third-order valence-corrected chi connectivity index (χ3v) is 5.76. The highest BCUT2D eigenvalue weighted by Gasteiger charge is 2.41. The second-order valence-corrected chi connectivity index (χ2v) is 8.63. The molecule has 11 nitrogen and oxygen atoms in total. The van der Waals surface area contributed by atoms with Crippen molar-refractivity contribution in [2.24, 2.45) is 5.41 Å². The lowest BCUT2D eigenvalue weighted by Gasteiger charge is -2.45. The molecular formula is C20H33N5O6. The Kier molecular flexibility index (Phi) is 8.52. The third kappa shape index (κ3) is 6.73. The maximum Gasteiger partial charge on any atom is 0.334 e. The molecule has 2 rings (SSSR count). The summed E-state index contributed by atoms with van der Waals surface area (Å²) in [7, 11) is 4.05. The van der Waals surface area contributed by atoms with Crippen LogP contribution in [-0.4, -0.2) is 97.3 Å². The fraction of sp³-hybridized carbons (Fsp3) is 0.750. The van der Waals surface area contributed by atoms with Gasteiger partial charge in [0.2, 0.25) is 11.8 Å². The Morgan fingerprint density at radius 2 is 1.61 bits per heavy atom. The van der Waals surface area contributed by atoms with Gasteiger partial charge in [-0.25, -0.2) is 4.79 Å². The van der Waals surface area contributed by atoms with Crippen LogP contribution in [0.5, 0.6) is 0 Å². The summed E-state index contributed by atoms with van der Waals surface area (Å²) in [5.74, 6) is -2.32. The molecule has 2 fully saturated rings. The van der Waals surface area contributed by atoms with Crippen molar-refractivity contribution in [3.05, 3.63) is 0 Å². The van der Waals surface area contributed by atoms with Crippen LogP contribution in [0.4, 0.5) is 0 Å². The molecule has 31 heavy (non-hydrogen) atoms. The fourth-order valence-corrected chi connectivity index (χ4v) is 3.66. The second-order valence-electron chi connectivity index (χ2n) is 8.63. The Morgan fingerprint density at radius 3 is 2.26 bits per heavy atom. The van der Waals surface area contributed by atoms with Gasteiger partial charge in [0.15, 0.2) is 0 Å². The highest BCUT2D eigenvalue weighted by molar-refractivity contribution is 6.01. The van der Waals surface area contributed by atoms with Crippen molar-refractivity contribution in [2.45, 2.75) is 45.6 Å². The quantitative estimate of drug-likeness (QED) is 0.258. The van der Waals surface area contributed by atoms with E-state index in [-0.39, 0.29) is 56.6 Å². The molecule has 0 aromatic carbocycles. The minimum atomic E-state index is -0.777. The van der Waals surface area contributed by atoms with Gasteiger partial charge in [0.1, 0.15) is 0 Å². The highest BCUT2D eigenvalue weighted by Crippen LogP contribution is 2.27. The smallest absolute Gasteiger partial charge is 0.334 e. The number of carbonyl (C=O) groups is 5. The van der Waals surface area contributed by atoms with Gasteiger partial charge < -0.3 is 20.4 Å². The van der Waals surface area contributed by atoms with Crippen molar-refractivity contribution in [2.75, 3.05) is 46.8 Å². The lowest BCUT2D eigenvalue weighted by Crippen LogP contribution is -2.60. The number of amides is 4. The van der Waals surface area contributed by atoms with E-state index in [1.807, 2.05) is 27.9 Å². The third-order valence-electron chi connectivity index (χ3n) is 5.76.